The Morgan fingerprint density at radius 3 is 2.52 bits per heavy atom. The maximum absolute atomic E-state index is 12.4. The first kappa shape index (κ1) is 20.1. The van der Waals surface area contributed by atoms with Gasteiger partial charge in [-0.15, -0.1) is 0 Å². The van der Waals surface area contributed by atoms with Crippen LogP contribution in [-0.2, 0) is 11.2 Å². The van der Waals surface area contributed by atoms with Crippen LogP contribution in [0.2, 0.25) is 0 Å². The maximum Gasteiger partial charge on any atom is 0.408 e. The lowest BCUT2D eigenvalue weighted by molar-refractivity contribution is 0.0491. The van der Waals surface area contributed by atoms with Crippen LogP contribution < -0.4 is 5.32 Å². The van der Waals surface area contributed by atoms with Gasteiger partial charge >= 0.3 is 6.09 Å². The summed E-state index contributed by atoms with van der Waals surface area (Å²) in [5.74, 6) is 0. The highest BCUT2D eigenvalue weighted by molar-refractivity contribution is 9.10. The summed E-state index contributed by atoms with van der Waals surface area (Å²) in [5, 5.41) is 3.07. The topological polar surface area (TPSA) is 50.7 Å². The van der Waals surface area contributed by atoms with Gasteiger partial charge in [-0.1, -0.05) is 42.8 Å². The number of ether oxygens (including phenoxy) is 1. The summed E-state index contributed by atoms with van der Waals surface area (Å²) in [7, 11) is 0. The van der Waals surface area contributed by atoms with Crippen molar-refractivity contribution in [3.8, 4) is 0 Å². The van der Waals surface area contributed by atoms with Crippen LogP contribution in [0.3, 0.4) is 0 Å². The number of allylic oxidation sites excluding steroid dienone is 2. The van der Waals surface area contributed by atoms with E-state index in [4.69, 9.17) is 9.73 Å². The van der Waals surface area contributed by atoms with E-state index in [0.717, 1.165) is 29.4 Å². The third-order valence-corrected chi connectivity index (χ3v) is 5.36. The molecular weight excluding hydrogens is 404 g/mol. The number of fused-ring (bicyclic) bond motifs is 2. The van der Waals surface area contributed by atoms with E-state index in [9.17, 15) is 4.79 Å². The van der Waals surface area contributed by atoms with Gasteiger partial charge in [0.2, 0.25) is 0 Å². The molecule has 1 N–H and O–H groups in total. The third-order valence-electron chi connectivity index (χ3n) is 4.87. The Morgan fingerprint density at radius 2 is 1.89 bits per heavy atom. The van der Waals surface area contributed by atoms with Crippen molar-refractivity contribution < 1.29 is 9.53 Å². The van der Waals surface area contributed by atoms with E-state index in [1.165, 1.54) is 22.4 Å². The van der Waals surface area contributed by atoms with Crippen molar-refractivity contribution in [1.82, 2.24) is 5.32 Å². The molecule has 0 aromatic heterocycles. The fraction of sp³-hybridized carbons (Fsp3) is 0.545. The molecule has 0 saturated heterocycles. The van der Waals surface area contributed by atoms with E-state index in [0.29, 0.717) is 0 Å². The van der Waals surface area contributed by atoms with Crippen LogP contribution in [0, 0.1) is 5.41 Å². The lowest BCUT2D eigenvalue weighted by atomic mass is 9.81. The molecule has 1 atom stereocenters. The van der Waals surface area contributed by atoms with Crippen molar-refractivity contribution in [2.45, 2.75) is 72.4 Å². The number of hydrogen-bond acceptors (Lipinski definition) is 3. The van der Waals surface area contributed by atoms with E-state index in [2.05, 4.69) is 60.2 Å². The first-order valence-electron chi connectivity index (χ1n) is 9.52. The van der Waals surface area contributed by atoms with Gasteiger partial charge in [-0.2, -0.15) is 0 Å². The largest absolute Gasteiger partial charge is 0.444 e. The van der Waals surface area contributed by atoms with Crippen LogP contribution in [0.15, 0.2) is 33.4 Å². The Hall–Kier alpha value is -1.62. The quantitative estimate of drug-likeness (QED) is 0.632. The van der Waals surface area contributed by atoms with E-state index in [1.54, 1.807) is 0 Å². The molecule has 1 aromatic rings. The number of nitrogens with zero attached hydrogens (tertiary/aromatic N) is 1. The van der Waals surface area contributed by atoms with Gasteiger partial charge in [-0.3, -0.25) is 4.99 Å². The summed E-state index contributed by atoms with van der Waals surface area (Å²) < 4.78 is 6.60. The van der Waals surface area contributed by atoms with E-state index < -0.39 is 5.60 Å². The minimum atomic E-state index is -0.520. The highest BCUT2D eigenvalue weighted by Gasteiger charge is 2.36. The molecule has 1 amide bonds. The molecular formula is C22H29BrN2O2. The predicted octanol–water partition coefficient (Wildman–Crippen LogP) is 5.89. The van der Waals surface area contributed by atoms with Crippen LogP contribution in [0.5, 0.6) is 0 Å². The zero-order valence-corrected chi connectivity index (χ0v) is 18.7. The van der Waals surface area contributed by atoms with Gasteiger partial charge in [-0.25, -0.2) is 4.79 Å². The second kappa shape index (κ2) is 7.08. The van der Waals surface area contributed by atoms with Gasteiger partial charge in [0.05, 0.1) is 6.04 Å². The lowest BCUT2D eigenvalue weighted by Crippen LogP contribution is -2.50. The molecule has 0 bridgehead atoms. The number of benzene rings is 1. The number of halogens is 1. The van der Waals surface area contributed by atoms with Crippen molar-refractivity contribution in [2.75, 3.05) is 0 Å². The number of nitrogens with one attached hydrogen (secondary N) is 1. The van der Waals surface area contributed by atoms with Gasteiger partial charge in [-0.05, 0) is 67.9 Å². The summed E-state index contributed by atoms with van der Waals surface area (Å²) >= 11 is 3.57. The number of aryl methyl sites for hydroxylation is 1. The molecule has 2 aliphatic rings. The third kappa shape index (κ3) is 4.63. The molecule has 0 saturated carbocycles. The van der Waals surface area contributed by atoms with Crippen molar-refractivity contribution in [2.24, 2.45) is 10.4 Å². The smallest absolute Gasteiger partial charge is 0.408 e. The molecule has 27 heavy (non-hydrogen) atoms. The summed E-state index contributed by atoms with van der Waals surface area (Å²) in [5.41, 5.74) is 5.48. The number of rotatable bonds is 2. The number of aliphatic imine (C=N–C) groups is 1. The van der Waals surface area contributed by atoms with Gasteiger partial charge in [0.1, 0.15) is 5.60 Å². The molecule has 5 heteroatoms. The molecule has 1 aliphatic carbocycles. The van der Waals surface area contributed by atoms with Crippen LogP contribution in [0.4, 0.5) is 4.79 Å². The molecule has 3 rings (SSSR count). The number of alkyl carbamates (subject to hydrolysis) is 1. The Balaban J connectivity index is 1.83. The fourth-order valence-electron chi connectivity index (χ4n) is 3.73. The predicted molar refractivity (Wildman–Crippen MR) is 114 cm³/mol. The van der Waals surface area contributed by atoms with Gasteiger partial charge in [0.15, 0.2) is 0 Å². The molecule has 0 fully saturated rings. The maximum atomic E-state index is 12.4. The second-order valence-corrected chi connectivity index (χ2v) is 10.4. The minimum absolute atomic E-state index is 0.160. The standard InChI is InChI=1S/C22H29BrN2O2/c1-21(2,3)19(25-20(26)27-22(4,5)6)18-12-16-15-9-8-14(23)11-13(15)7-10-17(16)24-18/h8-9,11,19H,7,10,12H2,1-6H3,(H,25,26)/t19-/m1/s1. The Labute approximate surface area is 170 Å². The zero-order chi connectivity index (χ0) is 20.0. The lowest BCUT2D eigenvalue weighted by Gasteiger charge is -2.32. The van der Waals surface area contributed by atoms with Gasteiger partial charge in [0.25, 0.3) is 0 Å². The molecule has 0 unspecified atom stereocenters. The number of hydrogen-bond donors (Lipinski definition) is 1. The van der Waals surface area contributed by atoms with Crippen molar-refractivity contribution >= 4 is 33.3 Å². The van der Waals surface area contributed by atoms with Crippen LogP contribution in [0.1, 0.15) is 65.5 Å². The monoisotopic (exact) mass is 432 g/mol. The van der Waals surface area contributed by atoms with E-state index in [-0.39, 0.29) is 17.6 Å². The van der Waals surface area contributed by atoms with E-state index in [1.807, 2.05) is 20.8 Å². The normalized spacial score (nSPS) is 17.8. The molecule has 1 aromatic carbocycles. The number of carbonyl (C=O) groups excluding carboxylic acids is 1. The van der Waals surface area contributed by atoms with Crippen LogP contribution in [-0.4, -0.2) is 23.4 Å². The van der Waals surface area contributed by atoms with Crippen LogP contribution in [0.25, 0.3) is 5.57 Å². The fourth-order valence-corrected chi connectivity index (χ4v) is 4.14. The molecule has 146 valence electrons. The summed E-state index contributed by atoms with van der Waals surface area (Å²) in [4.78, 5) is 17.4. The minimum Gasteiger partial charge on any atom is -0.444 e. The van der Waals surface area contributed by atoms with Crippen LogP contribution >= 0.6 is 15.9 Å². The summed E-state index contributed by atoms with van der Waals surface area (Å²) in [6.45, 7) is 12.0. The van der Waals surface area contributed by atoms with E-state index >= 15 is 0 Å². The highest BCUT2D eigenvalue weighted by Crippen LogP contribution is 2.41. The van der Waals surface area contributed by atoms with Gasteiger partial charge < -0.3 is 10.1 Å². The van der Waals surface area contributed by atoms with Gasteiger partial charge in [0, 0.05) is 22.3 Å². The Kier molecular flexibility index (Phi) is 5.28. The Morgan fingerprint density at radius 1 is 1.19 bits per heavy atom. The summed E-state index contributed by atoms with van der Waals surface area (Å²) in [6.07, 6.45) is 2.34. The Bertz CT molecular complexity index is 826. The van der Waals surface area contributed by atoms with Crippen molar-refractivity contribution in [1.29, 1.82) is 0 Å². The molecule has 1 heterocycles. The summed E-state index contributed by atoms with van der Waals surface area (Å²) in [6, 6.07) is 6.31. The number of amides is 1. The SMILES string of the molecule is CC(C)(C)OC(=O)N[C@H](C1=NC2=C(C1)c1ccc(Br)cc1CC2)C(C)(C)C. The number of carbonyl (C=O) groups is 1. The zero-order valence-electron chi connectivity index (χ0n) is 17.1. The first-order chi connectivity index (χ1) is 12.4. The average molecular weight is 433 g/mol. The van der Waals surface area contributed by atoms with Crippen molar-refractivity contribution in [3.63, 3.8) is 0 Å². The molecule has 0 radical (unpaired) electrons. The molecule has 4 nitrogen and oxygen atoms in total. The molecule has 0 spiro atoms. The first-order valence-corrected chi connectivity index (χ1v) is 10.3. The molecule has 1 aliphatic heterocycles. The highest BCUT2D eigenvalue weighted by atomic mass is 79.9. The van der Waals surface area contributed by atoms with Crippen molar-refractivity contribution in [3.05, 3.63) is 39.5 Å². The average Bonchev–Trinajstić information content (AvgIpc) is 2.93. The second-order valence-electron chi connectivity index (χ2n) is 9.45.